The maximum atomic E-state index is 12.5. The van der Waals surface area contributed by atoms with Gasteiger partial charge in [0, 0.05) is 0 Å². The molecule has 0 aliphatic rings. The summed E-state index contributed by atoms with van der Waals surface area (Å²) in [6.45, 7) is 2.20. The van der Waals surface area contributed by atoms with E-state index >= 15 is 0 Å². The molecule has 15 nitrogen and oxygen atoms in total. The fourth-order valence-electron chi connectivity index (χ4n) is 2.29. The average Bonchev–Trinajstić information content (AvgIpc) is 2.61. The molecule has 6 unspecified atom stereocenters. The Hall–Kier alpha value is -3.30. The highest BCUT2D eigenvalue weighted by molar-refractivity contribution is 5.97. The summed E-state index contributed by atoms with van der Waals surface area (Å²) in [6, 6.07) is -6.53. The molecule has 31 heavy (non-hydrogen) atoms. The molecule has 0 fully saturated rings. The molecule has 0 saturated heterocycles. The van der Waals surface area contributed by atoms with E-state index in [4.69, 9.17) is 22.3 Å². The van der Waals surface area contributed by atoms with Crippen molar-refractivity contribution in [3.05, 3.63) is 0 Å². The Morgan fingerprint density at radius 1 is 0.742 bits per heavy atom. The van der Waals surface area contributed by atoms with Crippen LogP contribution in [0.1, 0.15) is 26.7 Å². The summed E-state index contributed by atoms with van der Waals surface area (Å²) in [5.74, 6) is -6.79. The van der Waals surface area contributed by atoms with Crippen LogP contribution in [0.25, 0.3) is 0 Å². The number of nitrogens with one attached hydrogen (secondary N) is 3. The van der Waals surface area contributed by atoms with Crippen molar-refractivity contribution in [1.29, 1.82) is 0 Å². The maximum absolute atomic E-state index is 12.5. The second-order valence-electron chi connectivity index (χ2n) is 6.80. The molecule has 0 aliphatic carbocycles. The van der Waals surface area contributed by atoms with Gasteiger partial charge in [-0.05, 0) is 13.8 Å². The number of hydrogen-bond acceptors (Lipinski definition) is 9. The molecule has 176 valence electrons. The smallest absolute Gasteiger partial charge is 0.328 e. The van der Waals surface area contributed by atoms with Crippen molar-refractivity contribution in [3.8, 4) is 0 Å². The van der Waals surface area contributed by atoms with E-state index in [0.717, 1.165) is 13.8 Å². The molecular weight excluding hydrogens is 420 g/mol. The largest absolute Gasteiger partial charge is 0.480 e. The topological polar surface area (TPSA) is 277 Å². The molecule has 0 saturated carbocycles. The molecule has 0 spiro atoms. The lowest BCUT2D eigenvalue weighted by molar-refractivity contribution is -0.146. The Bertz CT molecular complexity index is 712. The van der Waals surface area contributed by atoms with Crippen molar-refractivity contribution >= 4 is 35.5 Å². The monoisotopic (exact) mass is 448 g/mol. The number of carboxylic acids is 1. The normalized spacial score (nSPS) is 16.5. The van der Waals surface area contributed by atoms with E-state index in [1.807, 2.05) is 5.32 Å². The van der Waals surface area contributed by atoms with E-state index in [0.29, 0.717) is 0 Å². The molecule has 6 atom stereocenters. The van der Waals surface area contributed by atoms with Gasteiger partial charge in [0.15, 0.2) is 6.04 Å². The van der Waals surface area contributed by atoms with Gasteiger partial charge in [0.25, 0.3) is 0 Å². The van der Waals surface area contributed by atoms with E-state index in [1.54, 1.807) is 0 Å². The first-order chi connectivity index (χ1) is 14.2. The molecule has 0 heterocycles. The number of carbonyl (C=O) groups is 6. The van der Waals surface area contributed by atoms with Crippen molar-refractivity contribution in [2.45, 2.75) is 63.1 Å². The van der Waals surface area contributed by atoms with Gasteiger partial charge in [-0.15, -0.1) is 0 Å². The molecule has 15 heteroatoms. The van der Waals surface area contributed by atoms with E-state index in [9.17, 15) is 39.0 Å². The van der Waals surface area contributed by atoms with Gasteiger partial charge in [-0.3, -0.25) is 24.0 Å². The van der Waals surface area contributed by atoms with Crippen LogP contribution >= 0.6 is 0 Å². The number of carbonyl (C=O) groups excluding carboxylic acids is 5. The Morgan fingerprint density at radius 2 is 1.19 bits per heavy atom. The third-order valence-electron chi connectivity index (χ3n) is 3.91. The number of rotatable bonds is 13. The van der Waals surface area contributed by atoms with Gasteiger partial charge < -0.3 is 48.5 Å². The number of aliphatic hydroxyl groups excluding tert-OH is 2. The summed E-state index contributed by atoms with van der Waals surface area (Å²) in [7, 11) is 0. The molecule has 12 N–H and O–H groups in total. The molecule has 0 radical (unpaired) electrons. The molecule has 0 aromatic heterocycles. The van der Waals surface area contributed by atoms with E-state index < -0.39 is 84.7 Å². The Balaban J connectivity index is 5.46. The van der Waals surface area contributed by atoms with Crippen molar-refractivity contribution < 1.29 is 44.1 Å². The molecule has 0 aromatic rings. The van der Waals surface area contributed by atoms with Gasteiger partial charge in [-0.2, -0.15) is 0 Å². The van der Waals surface area contributed by atoms with Crippen LogP contribution in [0.5, 0.6) is 0 Å². The first-order valence-electron chi connectivity index (χ1n) is 8.99. The summed E-state index contributed by atoms with van der Waals surface area (Å²) in [6.07, 6.45) is -4.32. The molecule has 0 rings (SSSR count). The maximum Gasteiger partial charge on any atom is 0.328 e. The molecular formula is C16H28N6O9. The van der Waals surface area contributed by atoms with Crippen molar-refractivity contribution in [2.24, 2.45) is 17.2 Å². The van der Waals surface area contributed by atoms with Crippen LogP contribution in [0.15, 0.2) is 0 Å². The van der Waals surface area contributed by atoms with Crippen molar-refractivity contribution in [3.63, 3.8) is 0 Å². The van der Waals surface area contributed by atoms with Gasteiger partial charge >= 0.3 is 5.97 Å². The third kappa shape index (κ3) is 9.83. The second-order valence-corrected chi connectivity index (χ2v) is 6.80. The second kappa shape index (κ2) is 12.4. The summed E-state index contributed by atoms with van der Waals surface area (Å²) < 4.78 is 0. The predicted molar refractivity (Wildman–Crippen MR) is 102 cm³/mol. The molecule has 0 aromatic carbocycles. The molecule has 5 amide bonds. The highest BCUT2D eigenvalue weighted by atomic mass is 16.4. The number of aliphatic hydroxyl groups is 2. The highest BCUT2D eigenvalue weighted by Gasteiger charge is 2.34. The number of primary amides is 2. The minimum atomic E-state index is -1.74. The summed E-state index contributed by atoms with van der Waals surface area (Å²) in [5.41, 5.74) is 15.4. The minimum Gasteiger partial charge on any atom is -0.480 e. The fourth-order valence-corrected chi connectivity index (χ4v) is 2.29. The zero-order valence-corrected chi connectivity index (χ0v) is 16.9. The van der Waals surface area contributed by atoms with Gasteiger partial charge in [-0.1, -0.05) is 0 Å². The zero-order chi connectivity index (χ0) is 24.5. The van der Waals surface area contributed by atoms with Crippen LogP contribution < -0.4 is 33.2 Å². The first-order valence-corrected chi connectivity index (χ1v) is 8.99. The van der Waals surface area contributed by atoms with Crippen molar-refractivity contribution in [2.75, 3.05) is 0 Å². The molecule has 0 aliphatic heterocycles. The summed E-state index contributed by atoms with van der Waals surface area (Å²) in [4.78, 5) is 70.1. The lowest BCUT2D eigenvalue weighted by Crippen LogP contribution is -2.61. The van der Waals surface area contributed by atoms with Crippen LogP contribution in [-0.2, 0) is 28.8 Å². The van der Waals surface area contributed by atoms with Crippen LogP contribution in [-0.4, -0.2) is 87.2 Å². The fraction of sp³-hybridized carbons (Fsp3) is 0.625. The SMILES string of the molecule is CC(O)C(NC(=O)C(NC(=O)C(CC(N)=O)NC(=O)C(N)CC(N)=O)C(C)O)C(=O)O. The van der Waals surface area contributed by atoms with Gasteiger partial charge in [-0.25, -0.2) is 4.79 Å². The highest BCUT2D eigenvalue weighted by Crippen LogP contribution is 2.02. The quantitative estimate of drug-likeness (QED) is 0.129. The summed E-state index contributed by atoms with van der Waals surface area (Å²) >= 11 is 0. The standard InChI is InChI=1S/C16H28N6O9/c1-5(23)11(15(29)22-12(6(2)24)16(30)31)21-14(28)8(4-10(19)26)20-13(27)7(17)3-9(18)25/h5-8,11-12,23-24H,3-4,17H2,1-2H3,(H2,18,25)(H2,19,26)(H,20,27)(H,21,28)(H,22,29)(H,30,31). The van der Waals surface area contributed by atoms with Gasteiger partial charge in [0.05, 0.1) is 31.1 Å². The minimum absolute atomic E-state index is 0.550. The number of carboxylic acid groups (broad SMARTS) is 1. The van der Waals surface area contributed by atoms with E-state index in [1.165, 1.54) is 0 Å². The molecule has 0 bridgehead atoms. The van der Waals surface area contributed by atoms with Crippen LogP contribution in [0, 0.1) is 0 Å². The van der Waals surface area contributed by atoms with Gasteiger partial charge in [0.2, 0.25) is 29.5 Å². The Morgan fingerprint density at radius 3 is 1.58 bits per heavy atom. The lowest BCUT2D eigenvalue weighted by atomic mass is 10.1. The van der Waals surface area contributed by atoms with E-state index in [2.05, 4.69) is 10.6 Å². The number of nitrogens with two attached hydrogens (primary N) is 3. The van der Waals surface area contributed by atoms with Crippen LogP contribution in [0.3, 0.4) is 0 Å². The Kier molecular flexibility index (Phi) is 11.1. The predicted octanol–water partition coefficient (Wildman–Crippen LogP) is -5.63. The first kappa shape index (κ1) is 27.7. The number of hydrogen-bond donors (Lipinski definition) is 9. The lowest BCUT2D eigenvalue weighted by Gasteiger charge is -2.26. The summed E-state index contributed by atoms with van der Waals surface area (Å²) in [5, 5.41) is 34.4. The van der Waals surface area contributed by atoms with Gasteiger partial charge in [0.1, 0.15) is 12.1 Å². The van der Waals surface area contributed by atoms with Crippen molar-refractivity contribution in [1.82, 2.24) is 16.0 Å². The zero-order valence-electron chi connectivity index (χ0n) is 16.9. The van der Waals surface area contributed by atoms with Crippen LogP contribution in [0.4, 0.5) is 0 Å². The number of amides is 5. The number of aliphatic carboxylic acids is 1. The van der Waals surface area contributed by atoms with Crippen LogP contribution in [0.2, 0.25) is 0 Å². The Labute approximate surface area is 176 Å². The van der Waals surface area contributed by atoms with E-state index in [-0.39, 0.29) is 0 Å². The third-order valence-corrected chi connectivity index (χ3v) is 3.91. The average molecular weight is 448 g/mol.